The Bertz CT molecular complexity index is 2830. The van der Waals surface area contributed by atoms with Crippen LogP contribution in [0.1, 0.15) is 35.5 Å². The number of methoxy groups -OCH3 is 1. The Labute approximate surface area is 305 Å². The number of hydrogen-bond donors (Lipinski definition) is 2. The lowest BCUT2D eigenvalue weighted by atomic mass is 9.92. The number of halogens is 2. The average molecular weight is 734 g/mol. The van der Waals surface area contributed by atoms with Gasteiger partial charge in [-0.2, -0.15) is 0 Å². The number of para-hydroxylation sites is 1. The van der Waals surface area contributed by atoms with E-state index in [9.17, 15) is 4.79 Å². The maximum Gasteiger partial charge on any atom is 0.252 e. The highest BCUT2D eigenvalue weighted by Crippen LogP contribution is 2.55. The van der Waals surface area contributed by atoms with Crippen molar-refractivity contribution in [3.8, 4) is 10.4 Å². The summed E-state index contributed by atoms with van der Waals surface area (Å²) in [5.74, 6) is -0.0634. The number of ether oxygens (including phenoxy) is 2. The summed E-state index contributed by atoms with van der Waals surface area (Å²) in [4.78, 5) is 25.4. The van der Waals surface area contributed by atoms with Crippen LogP contribution in [0.25, 0.3) is 65.0 Å². The number of aromatic nitrogens is 4. The maximum absolute atomic E-state index is 13.7. The molecule has 0 saturated carbocycles. The lowest BCUT2D eigenvalue weighted by molar-refractivity contribution is -0.253. The Morgan fingerprint density at radius 3 is 2.67 bits per heavy atom. The highest BCUT2D eigenvalue weighted by atomic mass is 35.5. The van der Waals surface area contributed by atoms with Crippen LogP contribution in [0.15, 0.2) is 73.1 Å². The molecule has 4 atom stereocenters. The van der Waals surface area contributed by atoms with Crippen molar-refractivity contribution in [2.75, 3.05) is 19.1 Å². The second-order valence-corrected chi connectivity index (χ2v) is 15.8. The highest BCUT2D eigenvalue weighted by molar-refractivity contribution is 7.19. The number of rotatable bonds is 4. The second kappa shape index (κ2) is 10.3. The molecule has 1 saturated heterocycles. The first-order valence-electron chi connectivity index (χ1n) is 16.9. The predicted molar refractivity (Wildman–Crippen MR) is 204 cm³/mol. The molecule has 0 radical (unpaired) electrons. The summed E-state index contributed by atoms with van der Waals surface area (Å²) in [6.07, 6.45) is 3.78. The van der Waals surface area contributed by atoms with E-state index in [0.717, 1.165) is 81.2 Å². The molecule has 0 aliphatic carbocycles. The first-order valence-corrected chi connectivity index (χ1v) is 18.5. The van der Waals surface area contributed by atoms with Gasteiger partial charge < -0.3 is 33.8 Å². The molecule has 12 heteroatoms. The molecule has 0 unspecified atom stereocenters. The van der Waals surface area contributed by atoms with Gasteiger partial charge in [-0.1, -0.05) is 52.7 Å². The van der Waals surface area contributed by atoms with Crippen molar-refractivity contribution in [1.82, 2.24) is 24.4 Å². The summed E-state index contributed by atoms with van der Waals surface area (Å²) in [5, 5.41) is 10.4. The van der Waals surface area contributed by atoms with Crippen molar-refractivity contribution in [1.29, 1.82) is 0 Å². The molecular weight excluding hydrogens is 703 g/mol. The zero-order valence-corrected chi connectivity index (χ0v) is 30.1. The lowest BCUT2D eigenvalue weighted by Gasteiger charge is -2.50. The van der Waals surface area contributed by atoms with Gasteiger partial charge in [-0.3, -0.25) is 4.79 Å². The zero-order chi connectivity index (χ0) is 34.5. The van der Waals surface area contributed by atoms with Gasteiger partial charge >= 0.3 is 0 Å². The summed E-state index contributed by atoms with van der Waals surface area (Å²) in [6, 6.07) is 20.1. The molecule has 2 N–H and O–H groups in total. The molecule has 4 aromatic carbocycles. The summed E-state index contributed by atoms with van der Waals surface area (Å²) in [6.45, 7) is 2.61. The first-order chi connectivity index (χ1) is 24.8. The number of H-pyrrole nitrogens is 1. The number of amides is 1. The number of anilines is 1. The van der Waals surface area contributed by atoms with Gasteiger partial charge in [0.05, 0.1) is 38.5 Å². The van der Waals surface area contributed by atoms with Crippen LogP contribution < -0.4 is 10.2 Å². The minimum absolute atomic E-state index is 0.0634. The van der Waals surface area contributed by atoms with E-state index in [1.807, 2.05) is 42.7 Å². The van der Waals surface area contributed by atoms with Gasteiger partial charge in [-0.25, -0.2) is 4.98 Å². The Morgan fingerprint density at radius 1 is 1.02 bits per heavy atom. The Balaban J connectivity index is 1.17. The Kier molecular flexibility index (Phi) is 6.06. The van der Waals surface area contributed by atoms with Crippen LogP contribution in [-0.2, 0) is 21.7 Å². The summed E-state index contributed by atoms with van der Waals surface area (Å²) < 4.78 is 18.6. The third-order valence-corrected chi connectivity index (χ3v) is 13.0. The number of nitrogens with zero attached hydrogens (tertiary/aromatic N) is 4. The van der Waals surface area contributed by atoms with Crippen molar-refractivity contribution in [3.63, 3.8) is 0 Å². The lowest BCUT2D eigenvalue weighted by Crippen LogP contribution is -2.60. The SMILES string of the molecule is CO[C@@H]1[C@H](N(C)c2ncc(-c3c[nH]c4ccc(Cl)cc34)s2)C[C@H]2O[C@]1(C)n1c3ccccc3c3c4c(c5c6cc(Cl)ccc6n2c5c31)C(=O)NC4. The molecule has 51 heavy (non-hydrogen) atoms. The van der Waals surface area contributed by atoms with E-state index in [4.69, 9.17) is 37.7 Å². The largest absolute Gasteiger partial charge is 0.374 e. The molecule has 3 aliphatic heterocycles. The van der Waals surface area contributed by atoms with Gasteiger partial charge in [0.1, 0.15) is 12.3 Å². The van der Waals surface area contributed by atoms with Crippen LogP contribution in [0.2, 0.25) is 10.0 Å². The standard InChI is InChI=1S/C39H30Cl2N6O3S/c1-39-36(49-3)28(45(2)38-44-17-29(51-38)23-15-42-25-10-8-18(40)12-21(23)25)14-30(50-39)46-26-11-9-19(41)13-22(26)32-33-24(16-43-37(33)48)31-20-6-4-5-7-27(20)47(39)35(31)34(32)46/h4-13,15,17,28,30,36,42H,14,16H2,1-3H3,(H,43,48)/t28-,30-,36-,39+/m1/s1. The number of benzene rings is 4. The summed E-state index contributed by atoms with van der Waals surface area (Å²) in [7, 11) is 3.88. The van der Waals surface area contributed by atoms with Crippen LogP contribution in [0, 0.1) is 0 Å². The van der Waals surface area contributed by atoms with Gasteiger partial charge in [0.2, 0.25) is 0 Å². The normalized spacial score (nSPS) is 22.5. The van der Waals surface area contributed by atoms with Crippen molar-refractivity contribution in [2.45, 2.75) is 44.0 Å². The number of fused-ring (bicyclic) bond motifs is 14. The number of hydrogen-bond acceptors (Lipinski definition) is 6. The molecule has 254 valence electrons. The van der Waals surface area contributed by atoms with Crippen LogP contribution in [-0.4, -0.2) is 51.3 Å². The fraction of sp³-hybridized carbons (Fsp3) is 0.231. The number of likely N-dealkylation sites (N-methyl/N-ethyl adjacent to an activating group) is 1. The fourth-order valence-corrected chi connectivity index (χ4v) is 10.7. The van der Waals surface area contributed by atoms with Gasteiger partial charge in [-0.05, 0) is 55.0 Å². The molecular formula is C39H30Cl2N6O3S. The molecule has 0 spiro atoms. The van der Waals surface area contributed by atoms with Crippen LogP contribution in [0.4, 0.5) is 5.13 Å². The quantitative estimate of drug-likeness (QED) is 0.188. The van der Waals surface area contributed by atoms with E-state index < -0.39 is 18.1 Å². The topological polar surface area (TPSA) is 89.3 Å². The summed E-state index contributed by atoms with van der Waals surface area (Å²) in [5.41, 5.74) is 6.90. The minimum Gasteiger partial charge on any atom is -0.374 e. The molecule has 3 aliphatic rings. The monoisotopic (exact) mass is 732 g/mol. The maximum atomic E-state index is 13.7. The van der Waals surface area contributed by atoms with Crippen LogP contribution in [0.3, 0.4) is 0 Å². The summed E-state index contributed by atoms with van der Waals surface area (Å²) >= 11 is 14.7. The van der Waals surface area contributed by atoms with Crippen LogP contribution >= 0.6 is 34.5 Å². The molecule has 7 heterocycles. The molecule has 9 nitrogen and oxygen atoms in total. The number of carbonyl (C=O) groups excluding carboxylic acids is 1. The third kappa shape index (κ3) is 3.78. The molecule has 11 rings (SSSR count). The van der Waals surface area contributed by atoms with E-state index >= 15 is 0 Å². The van der Waals surface area contributed by atoms with E-state index in [0.29, 0.717) is 23.0 Å². The highest BCUT2D eigenvalue weighted by Gasteiger charge is 2.54. The molecule has 1 amide bonds. The number of aromatic amines is 1. The van der Waals surface area contributed by atoms with Gasteiger partial charge in [-0.15, -0.1) is 0 Å². The molecule has 8 aromatic rings. The Morgan fingerprint density at radius 2 is 1.82 bits per heavy atom. The van der Waals surface area contributed by atoms with E-state index in [1.165, 1.54) is 0 Å². The van der Waals surface area contributed by atoms with Gasteiger partial charge in [0.15, 0.2) is 10.9 Å². The fourth-order valence-electron chi connectivity index (χ4n) is 9.41. The van der Waals surface area contributed by atoms with E-state index in [2.05, 4.69) is 68.6 Å². The van der Waals surface area contributed by atoms with Gasteiger partial charge in [0.25, 0.3) is 5.91 Å². The smallest absolute Gasteiger partial charge is 0.252 e. The number of thiazole rings is 1. The van der Waals surface area contributed by atoms with Crippen LogP contribution in [0.5, 0.6) is 0 Å². The van der Waals surface area contributed by atoms with Crippen molar-refractivity contribution in [2.24, 2.45) is 0 Å². The number of carbonyl (C=O) groups is 1. The average Bonchev–Trinajstić information content (AvgIpc) is 3.94. The van der Waals surface area contributed by atoms with Gasteiger partial charge in [0, 0.05) is 87.6 Å². The molecule has 2 bridgehead atoms. The minimum atomic E-state index is -0.944. The first kappa shape index (κ1) is 30.1. The van der Waals surface area contributed by atoms with E-state index in [-0.39, 0.29) is 11.9 Å². The third-order valence-electron chi connectivity index (χ3n) is 11.5. The van der Waals surface area contributed by atoms with E-state index in [1.54, 1.807) is 18.4 Å². The van der Waals surface area contributed by atoms with Crippen molar-refractivity contribution >= 4 is 100 Å². The van der Waals surface area contributed by atoms with Crippen molar-refractivity contribution < 1.29 is 14.3 Å². The number of nitrogens with one attached hydrogen (secondary N) is 2. The predicted octanol–water partition coefficient (Wildman–Crippen LogP) is 9.18. The Hall–Kier alpha value is -4.58. The molecule has 4 aromatic heterocycles. The molecule has 1 fully saturated rings. The zero-order valence-electron chi connectivity index (χ0n) is 27.8. The second-order valence-electron chi connectivity index (χ2n) is 14.0. The van der Waals surface area contributed by atoms with Crippen molar-refractivity contribution in [3.05, 3.63) is 94.2 Å².